The van der Waals surface area contributed by atoms with Crippen LogP contribution in [0.1, 0.15) is 5.82 Å². The molecular formula is C20H20F5N9O6S2. The Labute approximate surface area is 239 Å². The molecule has 2 aromatic rings. The third-order valence-electron chi connectivity index (χ3n) is 5.90. The van der Waals surface area contributed by atoms with Crippen LogP contribution >= 0.6 is 23.3 Å². The highest BCUT2D eigenvalue weighted by atomic mass is 32.2. The number of oxime groups is 1. The van der Waals surface area contributed by atoms with E-state index in [1.54, 1.807) is 6.20 Å². The second-order valence-electron chi connectivity index (χ2n) is 8.66. The van der Waals surface area contributed by atoms with Crippen LogP contribution in [0.5, 0.6) is 0 Å². The number of hydrogen-bond acceptors (Lipinski definition) is 13. The number of carbonyl (C=O) groups excluding carboxylic acids is 3. The number of aromatic nitrogens is 4. The van der Waals surface area contributed by atoms with E-state index in [0.29, 0.717) is 17.4 Å². The number of alkyl halides is 5. The maximum atomic E-state index is 13.2. The van der Waals surface area contributed by atoms with Crippen LogP contribution in [0.2, 0.25) is 0 Å². The zero-order valence-corrected chi connectivity index (χ0v) is 22.5. The van der Waals surface area contributed by atoms with E-state index in [1.165, 1.54) is 15.4 Å². The van der Waals surface area contributed by atoms with Gasteiger partial charge in [-0.15, -0.1) is 21.1 Å². The molecule has 1 saturated heterocycles. The van der Waals surface area contributed by atoms with Crippen LogP contribution in [-0.4, -0.2) is 90.0 Å². The summed E-state index contributed by atoms with van der Waals surface area (Å²) in [7, 11) is 0. The number of thioether (sulfide) groups is 1. The molecule has 2 aliphatic rings. The standard InChI is InChI=1S/C20H20F5N9O6S2/c21-19(22,20(23,24)25)7-40-30-10(13-29-18(27)42-31-13)14(36)28-11-15(37)34-12(17(38)39)8(6-41-16(11)34)5-32-2-1-9(26)33(32)3-4-35/h1-2,11,16,26,35H,3-7H2,(H4,27,28,29,31,36,38,39)/t11-,16-/m1/s1. The minimum atomic E-state index is -5.95. The molecule has 2 amide bonds. The van der Waals surface area contributed by atoms with E-state index in [9.17, 15) is 46.5 Å². The fourth-order valence-corrected chi connectivity index (χ4v) is 5.71. The second-order valence-corrected chi connectivity index (χ2v) is 10.5. The van der Waals surface area contributed by atoms with Gasteiger partial charge in [0.2, 0.25) is 11.5 Å². The number of hydrogen-bond donors (Lipinski definition) is 4. The Kier molecular flexibility index (Phi) is 8.59. The Morgan fingerprint density at radius 2 is 2.02 bits per heavy atom. The lowest BCUT2D eigenvalue weighted by molar-refractivity contribution is -0.767. The maximum absolute atomic E-state index is 13.2. The summed E-state index contributed by atoms with van der Waals surface area (Å²) in [6.07, 6.45) is -4.40. The highest BCUT2D eigenvalue weighted by molar-refractivity contribution is 8.00. The van der Waals surface area contributed by atoms with Gasteiger partial charge in [0.15, 0.2) is 30.3 Å². The Balaban J connectivity index is 1.53. The zero-order valence-electron chi connectivity index (χ0n) is 20.9. The van der Waals surface area contributed by atoms with Crippen molar-refractivity contribution in [1.29, 1.82) is 0 Å². The Morgan fingerprint density at radius 1 is 1.31 bits per heavy atom. The quantitative estimate of drug-likeness (QED) is 0.0679. The SMILES string of the molecule is Nc1nc(C(=NOCC(F)(F)C(F)(F)F)C(=O)N[C@@H]2C(=O)N3C(C(=O)[O-])=C(C[n+]4ccc(N)n4CCO)CS[C@H]23)ns1. The summed E-state index contributed by atoms with van der Waals surface area (Å²) >= 11 is 1.62. The number of aliphatic hydroxyl groups excluding tert-OH is 1. The molecule has 2 atom stereocenters. The number of amides is 2. The van der Waals surface area contributed by atoms with Crippen molar-refractivity contribution in [1.82, 2.24) is 24.3 Å². The van der Waals surface area contributed by atoms with E-state index < -0.39 is 65.1 Å². The molecule has 0 radical (unpaired) electrons. The largest absolute Gasteiger partial charge is 0.543 e. The number of rotatable bonds is 11. The fraction of sp³-hybridized carbons (Fsp3) is 0.450. The van der Waals surface area contributed by atoms with Gasteiger partial charge >= 0.3 is 12.1 Å². The summed E-state index contributed by atoms with van der Waals surface area (Å²) in [5.74, 6) is -9.38. The van der Waals surface area contributed by atoms with Gasteiger partial charge in [0.1, 0.15) is 18.0 Å². The van der Waals surface area contributed by atoms with E-state index in [4.69, 9.17) is 11.5 Å². The van der Waals surface area contributed by atoms with Crippen LogP contribution < -0.4 is 26.6 Å². The molecule has 2 aromatic heterocycles. The van der Waals surface area contributed by atoms with Crippen LogP contribution in [0.15, 0.2) is 28.7 Å². The molecule has 42 heavy (non-hydrogen) atoms. The number of carbonyl (C=O) groups is 3. The molecule has 0 saturated carbocycles. The number of β-lactam (4-membered cyclic amide) rings is 1. The molecule has 6 N–H and O–H groups in total. The van der Waals surface area contributed by atoms with Gasteiger partial charge < -0.3 is 36.6 Å². The van der Waals surface area contributed by atoms with Crippen molar-refractivity contribution in [3.8, 4) is 0 Å². The molecule has 0 bridgehead atoms. The first-order valence-electron chi connectivity index (χ1n) is 11.5. The second kappa shape index (κ2) is 11.7. The van der Waals surface area contributed by atoms with Gasteiger partial charge in [0, 0.05) is 22.9 Å². The number of carboxylic acids is 1. The van der Waals surface area contributed by atoms with Crippen molar-refractivity contribution >= 4 is 57.7 Å². The summed E-state index contributed by atoms with van der Waals surface area (Å²) in [6.45, 7) is -2.44. The van der Waals surface area contributed by atoms with Crippen molar-refractivity contribution in [2.75, 3.05) is 30.4 Å². The molecule has 4 heterocycles. The molecule has 0 aliphatic carbocycles. The van der Waals surface area contributed by atoms with Gasteiger partial charge in [0.05, 0.1) is 24.3 Å². The molecular weight excluding hydrogens is 621 g/mol. The first kappa shape index (κ1) is 30.9. The number of halogens is 5. The highest BCUT2D eigenvalue weighted by Gasteiger charge is 2.58. The number of nitrogens with two attached hydrogens (primary N) is 2. The number of anilines is 2. The average molecular weight is 642 g/mol. The van der Waals surface area contributed by atoms with Crippen LogP contribution in [0.3, 0.4) is 0 Å². The van der Waals surface area contributed by atoms with Crippen LogP contribution in [0.4, 0.5) is 32.9 Å². The van der Waals surface area contributed by atoms with E-state index in [2.05, 4.69) is 24.7 Å². The number of nitrogens with one attached hydrogen (secondary N) is 1. The molecule has 22 heteroatoms. The maximum Gasteiger partial charge on any atom is 0.457 e. The molecule has 0 spiro atoms. The minimum absolute atomic E-state index is 0.0331. The lowest BCUT2D eigenvalue weighted by atomic mass is 10.0. The summed E-state index contributed by atoms with van der Waals surface area (Å²) < 4.78 is 70.5. The van der Waals surface area contributed by atoms with E-state index >= 15 is 0 Å². The molecule has 228 valence electrons. The van der Waals surface area contributed by atoms with Crippen molar-refractivity contribution in [2.45, 2.75) is 36.6 Å². The van der Waals surface area contributed by atoms with Gasteiger partial charge in [-0.3, -0.25) is 14.5 Å². The third-order valence-corrected chi connectivity index (χ3v) is 7.78. The molecule has 15 nitrogen and oxygen atoms in total. The minimum Gasteiger partial charge on any atom is -0.543 e. The van der Waals surface area contributed by atoms with Gasteiger partial charge in [-0.2, -0.15) is 31.3 Å². The number of carboxylic acid groups (broad SMARTS) is 1. The first-order chi connectivity index (χ1) is 19.7. The molecule has 0 aromatic carbocycles. The highest BCUT2D eigenvalue weighted by Crippen LogP contribution is 2.40. The van der Waals surface area contributed by atoms with Gasteiger partial charge in [-0.05, 0) is 0 Å². The normalized spacial score (nSPS) is 19.4. The number of nitrogens with zero attached hydrogens (tertiary/aromatic N) is 6. The summed E-state index contributed by atoms with van der Waals surface area (Å²) in [5, 5.41) is 25.4. The van der Waals surface area contributed by atoms with Crippen LogP contribution in [0.25, 0.3) is 0 Å². The predicted octanol–water partition coefficient (Wildman–Crippen LogP) is -2.19. The van der Waals surface area contributed by atoms with Crippen molar-refractivity contribution < 1.29 is 56.1 Å². The number of aliphatic hydroxyl groups is 1. The summed E-state index contributed by atoms with van der Waals surface area (Å²) in [4.78, 5) is 46.6. The number of nitrogen functional groups attached to an aromatic ring is 2. The molecule has 1 fully saturated rings. The number of aliphatic carboxylic acids is 1. The lowest BCUT2D eigenvalue weighted by Gasteiger charge is -2.50. The summed E-state index contributed by atoms with van der Waals surface area (Å²) in [5.41, 5.74) is 10.2. The summed E-state index contributed by atoms with van der Waals surface area (Å²) in [6, 6.07) is 0.170. The van der Waals surface area contributed by atoms with E-state index in [-0.39, 0.29) is 36.2 Å². The topological polar surface area (TPSA) is 218 Å². The lowest BCUT2D eigenvalue weighted by Crippen LogP contribution is -2.71. The van der Waals surface area contributed by atoms with Crippen LogP contribution in [-0.2, 0) is 32.3 Å². The van der Waals surface area contributed by atoms with Crippen molar-refractivity contribution in [3.05, 3.63) is 29.4 Å². The first-order valence-corrected chi connectivity index (χ1v) is 13.4. The third kappa shape index (κ3) is 5.94. The van der Waals surface area contributed by atoms with Gasteiger partial charge in [0.25, 0.3) is 11.8 Å². The van der Waals surface area contributed by atoms with Gasteiger partial charge in [-0.1, -0.05) is 5.16 Å². The molecule has 4 rings (SSSR count). The van der Waals surface area contributed by atoms with Crippen molar-refractivity contribution in [2.24, 2.45) is 5.16 Å². The Hall–Kier alpha value is -4.05. The smallest absolute Gasteiger partial charge is 0.457 e. The predicted molar refractivity (Wildman–Crippen MR) is 131 cm³/mol. The monoisotopic (exact) mass is 641 g/mol. The van der Waals surface area contributed by atoms with Crippen molar-refractivity contribution in [3.63, 3.8) is 0 Å². The van der Waals surface area contributed by atoms with E-state index in [1.807, 2.05) is 0 Å². The van der Waals surface area contributed by atoms with E-state index in [0.717, 1.165) is 16.7 Å². The van der Waals surface area contributed by atoms with Gasteiger partial charge in [-0.25, -0.2) is 0 Å². The molecule has 2 aliphatic heterocycles. The Bertz CT molecular complexity index is 1460. The average Bonchev–Trinajstić information content (AvgIpc) is 3.49. The zero-order chi connectivity index (χ0) is 31.0. The number of fused-ring (bicyclic) bond motifs is 1. The fourth-order valence-electron chi connectivity index (χ4n) is 3.94. The Morgan fingerprint density at radius 3 is 2.62 bits per heavy atom. The molecule has 0 unspecified atom stereocenters. The van der Waals surface area contributed by atoms with Crippen LogP contribution in [0, 0.1) is 0 Å².